The van der Waals surface area contributed by atoms with Crippen molar-refractivity contribution < 1.29 is 42.0 Å². The predicted molar refractivity (Wildman–Crippen MR) is 166 cm³/mol. The third-order valence-corrected chi connectivity index (χ3v) is 10.9. The summed E-state index contributed by atoms with van der Waals surface area (Å²) in [7, 11) is -0.812. The molecule has 0 aromatic heterocycles. The number of benzene rings is 2. The summed E-state index contributed by atoms with van der Waals surface area (Å²) in [5.74, 6) is 1.02. The first kappa shape index (κ1) is 33.6. The first-order valence-corrected chi connectivity index (χ1v) is 17.1. The molecular weight excluding hydrogens is 600 g/mol. The van der Waals surface area contributed by atoms with Gasteiger partial charge in [0.2, 0.25) is 10.0 Å². The summed E-state index contributed by atoms with van der Waals surface area (Å²) in [6, 6.07) is 14.8. The third-order valence-electron chi connectivity index (χ3n) is 9.04. The SMILES string of the molecule is COCC1CC2[C@H]3C(CO[C@H]3O1)C[C@@H]2OC(=O)NC(Cc1ccccc1)[C@H](O)CN(CC(C)C)S(=O)(=O)c1ccc(OC)cc1. The number of amides is 1. The van der Waals surface area contributed by atoms with Crippen LogP contribution in [0.25, 0.3) is 0 Å². The van der Waals surface area contributed by atoms with Crippen molar-refractivity contribution in [3.05, 3.63) is 60.2 Å². The van der Waals surface area contributed by atoms with Gasteiger partial charge in [-0.1, -0.05) is 44.2 Å². The van der Waals surface area contributed by atoms with Crippen molar-refractivity contribution in [2.75, 3.05) is 40.5 Å². The van der Waals surface area contributed by atoms with Gasteiger partial charge in [0, 0.05) is 32.0 Å². The van der Waals surface area contributed by atoms with Gasteiger partial charge in [-0.2, -0.15) is 4.31 Å². The Balaban J connectivity index is 1.31. The van der Waals surface area contributed by atoms with Crippen molar-refractivity contribution in [1.29, 1.82) is 0 Å². The summed E-state index contributed by atoms with van der Waals surface area (Å²) in [4.78, 5) is 13.6. The van der Waals surface area contributed by atoms with E-state index in [9.17, 15) is 18.3 Å². The van der Waals surface area contributed by atoms with E-state index < -0.39 is 28.3 Å². The standard InChI is InChI=1S/C33H46N2O9S/c1-21(2)17-35(45(38,39)26-12-10-24(41-4)11-13-26)18-29(36)28(14-22-8-6-5-7-9-22)34-33(37)44-30-15-23-19-42-32-31(23)27(30)16-25(43-32)20-40-3/h5-13,21,23,25,27-32,36H,14-20H2,1-4H3,(H,34,37)/t23?,25?,27?,28?,29-,30+,31-,32+/m1/s1. The zero-order valence-corrected chi connectivity index (χ0v) is 27.2. The summed E-state index contributed by atoms with van der Waals surface area (Å²) in [6.07, 6.45) is -0.976. The molecule has 11 nitrogen and oxygen atoms in total. The van der Waals surface area contributed by atoms with E-state index in [1.165, 1.54) is 23.5 Å². The molecule has 3 fully saturated rings. The van der Waals surface area contributed by atoms with E-state index >= 15 is 0 Å². The predicted octanol–water partition coefficient (Wildman–Crippen LogP) is 3.45. The molecule has 5 rings (SSSR count). The number of rotatable bonds is 14. The Morgan fingerprint density at radius 3 is 2.47 bits per heavy atom. The Morgan fingerprint density at radius 2 is 1.80 bits per heavy atom. The number of carbonyl (C=O) groups excluding carboxylic acids is 1. The second-order valence-electron chi connectivity index (χ2n) is 12.7. The molecule has 0 spiro atoms. The van der Waals surface area contributed by atoms with Crippen LogP contribution in [-0.4, -0.2) is 95.1 Å². The third kappa shape index (κ3) is 7.98. The normalized spacial score (nSPS) is 27.3. The van der Waals surface area contributed by atoms with Crippen molar-refractivity contribution in [2.24, 2.45) is 23.7 Å². The van der Waals surface area contributed by atoms with Gasteiger partial charge in [0.1, 0.15) is 11.9 Å². The van der Waals surface area contributed by atoms with E-state index in [4.69, 9.17) is 23.7 Å². The fraction of sp³-hybridized carbons (Fsp3) is 0.606. The van der Waals surface area contributed by atoms with Crippen LogP contribution in [0.4, 0.5) is 4.79 Å². The Bertz CT molecular complexity index is 1360. The van der Waals surface area contributed by atoms with Crippen LogP contribution in [0.1, 0.15) is 32.3 Å². The van der Waals surface area contributed by atoms with Gasteiger partial charge >= 0.3 is 6.09 Å². The van der Waals surface area contributed by atoms with Crippen molar-refractivity contribution in [3.63, 3.8) is 0 Å². The number of ether oxygens (including phenoxy) is 5. The molecule has 2 N–H and O–H groups in total. The zero-order valence-electron chi connectivity index (χ0n) is 26.4. The number of methoxy groups -OCH3 is 2. The minimum absolute atomic E-state index is 0.00764. The van der Waals surface area contributed by atoms with Crippen LogP contribution in [0.15, 0.2) is 59.5 Å². The average molecular weight is 647 g/mol. The van der Waals surface area contributed by atoms with E-state index in [0.29, 0.717) is 31.8 Å². The first-order valence-electron chi connectivity index (χ1n) is 15.7. The van der Waals surface area contributed by atoms with Crippen molar-refractivity contribution >= 4 is 16.1 Å². The summed E-state index contributed by atoms with van der Waals surface area (Å²) < 4.78 is 57.3. The van der Waals surface area contributed by atoms with E-state index in [1.807, 2.05) is 44.2 Å². The van der Waals surface area contributed by atoms with Crippen molar-refractivity contribution in [3.8, 4) is 5.75 Å². The lowest BCUT2D eigenvalue weighted by Crippen LogP contribution is -2.52. The molecule has 1 saturated carbocycles. The molecule has 2 aromatic carbocycles. The highest BCUT2D eigenvalue weighted by molar-refractivity contribution is 7.89. The van der Waals surface area contributed by atoms with Gasteiger partial charge < -0.3 is 34.1 Å². The highest BCUT2D eigenvalue weighted by Crippen LogP contribution is 2.51. The maximum atomic E-state index is 13.7. The number of alkyl carbamates (subject to hydrolysis) is 1. The second kappa shape index (κ2) is 14.8. The van der Waals surface area contributed by atoms with Crippen molar-refractivity contribution in [2.45, 2.75) is 68.6 Å². The van der Waals surface area contributed by atoms with Crippen LogP contribution < -0.4 is 10.1 Å². The number of carbonyl (C=O) groups is 1. The highest BCUT2D eigenvalue weighted by Gasteiger charge is 2.56. The molecule has 45 heavy (non-hydrogen) atoms. The largest absolute Gasteiger partial charge is 0.497 e. The van der Waals surface area contributed by atoms with Crippen LogP contribution in [0, 0.1) is 23.7 Å². The van der Waals surface area contributed by atoms with E-state index in [1.54, 1.807) is 19.2 Å². The van der Waals surface area contributed by atoms with Gasteiger partial charge in [-0.15, -0.1) is 0 Å². The summed E-state index contributed by atoms with van der Waals surface area (Å²) in [5, 5.41) is 14.5. The fourth-order valence-electron chi connectivity index (χ4n) is 6.96. The van der Waals surface area contributed by atoms with Crippen LogP contribution >= 0.6 is 0 Å². The lowest BCUT2D eigenvalue weighted by Gasteiger charge is -2.37. The van der Waals surface area contributed by atoms with E-state index in [0.717, 1.165) is 5.56 Å². The molecule has 3 aliphatic rings. The molecule has 8 atom stereocenters. The number of hydrogen-bond acceptors (Lipinski definition) is 9. The van der Waals surface area contributed by atoms with E-state index in [2.05, 4.69) is 5.32 Å². The number of hydrogen-bond donors (Lipinski definition) is 2. The van der Waals surface area contributed by atoms with Crippen LogP contribution in [0.5, 0.6) is 5.75 Å². The van der Waals surface area contributed by atoms with Crippen LogP contribution in [0.2, 0.25) is 0 Å². The molecular formula is C33H46N2O9S. The molecule has 0 radical (unpaired) electrons. The number of sulfonamides is 1. The topological polar surface area (TPSA) is 133 Å². The Kier molecular flexibility index (Phi) is 11.0. The van der Waals surface area contributed by atoms with Crippen LogP contribution in [-0.2, 0) is 35.4 Å². The minimum Gasteiger partial charge on any atom is -0.497 e. The molecule has 2 saturated heterocycles. The second-order valence-corrected chi connectivity index (χ2v) is 14.7. The van der Waals surface area contributed by atoms with Crippen molar-refractivity contribution in [1.82, 2.24) is 9.62 Å². The van der Waals surface area contributed by atoms with Gasteiger partial charge in [0.05, 0.1) is 43.5 Å². The van der Waals surface area contributed by atoms with E-state index in [-0.39, 0.29) is 66.6 Å². The Hall–Kier alpha value is -2.74. The smallest absolute Gasteiger partial charge is 0.407 e. The molecule has 1 aliphatic carbocycles. The van der Waals surface area contributed by atoms with Crippen LogP contribution in [0.3, 0.4) is 0 Å². The Morgan fingerprint density at radius 1 is 1.07 bits per heavy atom. The number of nitrogens with zero attached hydrogens (tertiary/aromatic N) is 1. The lowest BCUT2D eigenvalue weighted by molar-refractivity contribution is -0.215. The van der Waals surface area contributed by atoms with Gasteiger partial charge in [-0.25, -0.2) is 13.2 Å². The molecule has 2 heterocycles. The molecule has 2 aromatic rings. The lowest BCUT2D eigenvalue weighted by atomic mass is 9.84. The molecule has 248 valence electrons. The zero-order chi connectivity index (χ0) is 32.1. The summed E-state index contributed by atoms with van der Waals surface area (Å²) >= 11 is 0. The molecule has 2 aliphatic heterocycles. The number of nitrogens with one attached hydrogen (secondary N) is 1. The maximum absolute atomic E-state index is 13.7. The van der Waals surface area contributed by atoms with Gasteiger partial charge in [-0.3, -0.25) is 0 Å². The highest BCUT2D eigenvalue weighted by atomic mass is 32.2. The number of aliphatic hydroxyl groups excluding tert-OH is 1. The first-order chi connectivity index (χ1) is 21.6. The van der Waals surface area contributed by atoms with Gasteiger partial charge in [0.25, 0.3) is 0 Å². The molecule has 4 unspecified atom stereocenters. The van der Waals surface area contributed by atoms with Gasteiger partial charge in [-0.05, 0) is 60.9 Å². The summed E-state index contributed by atoms with van der Waals surface area (Å²) in [5.41, 5.74) is 0.887. The minimum atomic E-state index is -3.96. The molecule has 12 heteroatoms. The quantitative estimate of drug-likeness (QED) is 0.317. The average Bonchev–Trinajstić information content (AvgIpc) is 3.58. The maximum Gasteiger partial charge on any atom is 0.407 e. The Labute approximate surface area is 266 Å². The fourth-order valence-corrected chi connectivity index (χ4v) is 8.58. The monoisotopic (exact) mass is 646 g/mol. The van der Waals surface area contributed by atoms with Gasteiger partial charge in [0.15, 0.2) is 6.29 Å². The molecule has 1 amide bonds. The summed E-state index contributed by atoms with van der Waals surface area (Å²) in [6.45, 7) is 4.81. The molecule has 0 bridgehead atoms. The number of aliphatic hydroxyl groups is 1.